The molecule has 0 saturated heterocycles. The smallest absolute Gasteiger partial charge is 0.407 e. The van der Waals surface area contributed by atoms with Gasteiger partial charge in [0.1, 0.15) is 5.60 Å². The minimum Gasteiger partial charge on any atom is -0.444 e. The van der Waals surface area contributed by atoms with Gasteiger partial charge in [-0.15, -0.1) is 0 Å². The van der Waals surface area contributed by atoms with Crippen molar-refractivity contribution >= 4 is 18.3 Å². The molecule has 1 N–H and O–H groups in total. The lowest BCUT2D eigenvalue weighted by Crippen LogP contribution is -2.32. The zero-order chi connectivity index (χ0) is 13.8. The molecule has 0 heterocycles. The van der Waals surface area contributed by atoms with Crippen molar-refractivity contribution < 1.29 is 9.53 Å². The number of carbonyl (C=O) groups is 1. The van der Waals surface area contributed by atoms with Crippen molar-refractivity contribution in [2.24, 2.45) is 0 Å². The van der Waals surface area contributed by atoms with Crippen LogP contribution in [0.4, 0.5) is 4.79 Å². The van der Waals surface area contributed by atoms with E-state index in [0.29, 0.717) is 13.3 Å². The first-order valence-corrected chi connectivity index (χ1v) is 6.33. The number of alkyl carbamates (subject to hydrolysis) is 1. The van der Waals surface area contributed by atoms with Gasteiger partial charge in [-0.05, 0) is 26.3 Å². The monoisotopic (exact) mass is 247 g/mol. The van der Waals surface area contributed by atoms with Crippen LogP contribution in [0.2, 0.25) is 13.6 Å². The predicted octanol–water partition coefficient (Wildman–Crippen LogP) is 2.67. The molecule has 0 spiro atoms. The lowest BCUT2D eigenvalue weighted by Gasteiger charge is -2.19. The molecular formula is C14H22BNO2. The number of hydrogen-bond donors (Lipinski definition) is 1. The number of amides is 1. The van der Waals surface area contributed by atoms with Crippen LogP contribution >= 0.6 is 0 Å². The van der Waals surface area contributed by atoms with Crippen molar-refractivity contribution in [3.05, 3.63) is 29.8 Å². The van der Waals surface area contributed by atoms with Crippen molar-refractivity contribution in [1.29, 1.82) is 0 Å². The summed E-state index contributed by atoms with van der Waals surface area (Å²) < 4.78 is 5.19. The summed E-state index contributed by atoms with van der Waals surface area (Å²) in [6.45, 7) is 10.9. The quantitative estimate of drug-likeness (QED) is 0.834. The Morgan fingerprint density at radius 2 is 2.00 bits per heavy atom. The fourth-order valence-electron chi connectivity index (χ4n) is 1.55. The molecule has 0 bridgehead atoms. The summed E-state index contributed by atoms with van der Waals surface area (Å²) in [5.41, 5.74) is 1.91. The van der Waals surface area contributed by atoms with Crippen LogP contribution in [-0.2, 0) is 11.3 Å². The van der Waals surface area contributed by atoms with Crippen LogP contribution in [0.3, 0.4) is 0 Å². The molecule has 3 nitrogen and oxygen atoms in total. The lowest BCUT2D eigenvalue weighted by molar-refractivity contribution is 0.0523. The van der Waals surface area contributed by atoms with Gasteiger partial charge in [-0.1, -0.05) is 43.4 Å². The zero-order valence-electron chi connectivity index (χ0n) is 11.9. The molecule has 1 rings (SSSR count). The molecule has 1 aromatic rings. The topological polar surface area (TPSA) is 38.3 Å². The second-order valence-corrected chi connectivity index (χ2v) is 5.76. The number of rotatable bonds is 3. The van der Waals surface area contributed by atoms with Crippen molar-refractivity contribution in [2.75, 3.05) is 0 Å². The third kappa shape index (κ3) is 5.26. The van der Waals surface area contributed by atoms with Crippen molar-refractivity contribution in [3.8, 4) is 0 Å². The highest BCUT2D eigenvalue weighted by Crippen LogP contribution is 2.07. The van der Waals surface area contributed by atoms with Crippen LogP contribution in [0.1, 0.15) is 26.3 Å². The van der Waals surface area contributed by atoms with Gasteiger partial charge in [0.15, 0.2) is 6.71 Å². The van der Waals surface area contributed by atoms with Gasteiger partial charge in [0.25, 0.3) is 0 Å². The van der Waals surface area contributed by atoms with Gasteiger partial charge >= 0.3 is 6.09 Å². The molecule has 0 aromatic heterocycles. The maximum Gasteiger partial charge on any atom is 0.407 e. The Morgan fingerprint density at radius 1 is 1.33 bits per heavy atom. The normalized spacial score (nSPS) is 10.9. The van der Waals surface area contributed by atoms with Gasteiger partial charge < -0.3 is 10.1 Å². The Balaban J connectivity index is 2.53. The number of ether oxygens (including phenoxy) is 1. The second-order valence-electron chi connectivity index (χ2n) is 5.76. The molecule has 0 radical (unpaired) electrons. The zero-order valence-corrected chi connectivity index (χ0v) is 11.9. The molecule has 4 heteroatoms. The molecule has 98 valence electrons. The van der Waals surface area contributed by atoms with Gasteiger partial charge in [-0.25, -0.2) is 4.79 Å². The number of benzene rings is 1. The molecule has 0 saturated carbocycles. The predicted molar refractivity (Wildman–Crippen MR) is 76.6 cm³/mol. The Bertz CT molecular complexity index is 411. The van der Waals surface area contributed by atoms with E-state index in [1.165, 1.54) is 5.46 Å². The first kappa shape index (κ1) is 14.6. The first-order chi connectivity index (χ1) is 8.28. The van der Waals surface area contributed by atoms with Gasteiger partial charge in [0.2, 0.25) is 0 Å². The summed E-state index contributed by atoms with van der Waals surface area (Å²) in [4.78, 5) is 11.5. The molecule has 0 atom stereocenters. The van der Waals surface area contributed by atoms with Crippen molar-refractivity contribution in [2.45, 2.75) is 46.6 Å². The summed E-state index contributed by atoms with van der Waals surface area (Å²) in [7, 11) is 0. The van der Waals surface area contributed by atoms with E-state index >= 15 is 0 Å². The van der Waals surface area contributed by atoms with E-state index < -0.39 is 5.60 Å². The van der Waals surface area contributed by atoms with E-state index in [1.807, 2.05) is 32.9 Å². The van der Waals surface area contributed by atoms with E-state index in [-0.39, 0.29) is 6.09 Å². The molecule has 0 unspecified atom stereocenters. The fraction of sp³-hybridized carbons (Fsp3) is 0.500. The fourth-order valence-corrected chi connectivity index (χ4v) is 1.55. The van der Waals surface area contributed by atoms with E-state index in [4.69, 9.17) is 4.74 Å². The molecular weight excluding hydrogens is 225 g/mol. The van der Waals surface area contributed by atoms with Crippen LogP contribution in [0.5, 0.6) is 0 Å². The second kappa shape index (κ2) is 5.94. The summed E-state index contributed by atoms with van der Waals surface area (Å²) >= 11 is 0. The van der Waals surface area contributed by atoms with Crippen molar-refractivity contribution in [1.82, 2.24) is 5.32 Å². The molecule has 0 aliphatic carbocycles. The highest BCUT2D eigenvalue weighted by molar-refractivity contribution is 6.70. The van der Waals surface area contributed by atoms with Gasteiger partial charge in [0.05, 0.1) is 0 Å². The molecule has 0 aliphatic rings. The highest BCUT2D eigenvalue weighted by Gasteiger charge is 2.15. The van der Waals surface area contributed by atoms with Crippen LogP contribution in [0.25, 0.3) is 0 Å². The highest BCUT2D eigenvalue weighted by atomic mass is 16.6. The summed E-state index contributed by atoms with van der Waals surface area (Å²) in [6.07, 6.45) is -0.377. The molecule has 0 aliphatic heterocycles. The average molecular weight is 247 g/mol. The van der Waals surface area contributed by atoms with E-state index in [2.05, 4.69) is 31.1 Å². The molecule has 0 fully saturated rings. The van der Waals surface area contributed by atoms with Crippen molar-refractivity contribution in [3.63, 3.8) is 0 Å². The van der Waals surface area contributed by atoms with E-state index in [1.54, 1.807) is 0 Å². The van der Waals surface area contributed by atoms with Gasteiger partial charge in [0, 0.05) is 6.54 Å². The average Bonchev–Trinajstić information content (AvgIpc) is 2.24. The number of hydrogen-bond acceptors (Lipinski definition) is 2. The van der Waals surface area contributed by atoms with Crippen LogP contribution in [0.15, 0.2) is 24.3 Å². The number of carbonyl (C=O) groups excluding carboxylic acids is 1. The third-order valence-electron chi connectivity index (χ3n) is 2.45. The van der Waals surface area contributed by atoms with E-state index in [9.17, 15) is 4.79 Å². The Labute approximate surface area is 110 Å². The van der Waals surface area contributed by atoms with Gasteiger partial charge in [-0.2, -0.15) is 0 Å². The van der Waals surface area contributed by atoms with Crippen LogP contribution in [0, 0.1) is 0 Å². The van der Waals surface area contributed by atoms with Gasteiger partial charge in [-0.3, -0.25) is 0 Å². The molecule has 1 amide bonds. The summed E-state index contributed by atoms with van der Waals surface area (Å²) in [5, 5.41) is 2.76. The largest absolute Gasteiger partial charge is 0.444 e. The summed E-state index contributed by atoms with van der Waals surface area (Å²) in [5.74, 6) is 0. The Hall–Kier alpha value is -1.45. The minimum atomic E-state index is -0.454. The molecule has 1 aromatic carbocycles. The number of nitrogens with one attached hydrogen (secondary N) is 1. The molecule has 18 heavy (non-hydrogen) atoms. The van der Waals surface area contributed by atoms with E-state index in [0.717, 1.165) is 5.56 Å². The SMILES string of the molecule is CB(C)c1cccc(CNC(=O)OC(C)(C)C)c1. The lowest BCUT2D eigenvalue weighted by atomic mass is 9.49. The Morgan fingerprint density at radius 3 is 2.56 bits per heavy atom. The standard InChI is InChI=1S/C14H22BNO2/c1-14(2,3)18-13(17)16-10-11-7-6-8-12(9-11)15(4)5/h6-9H,10H2,1-5H3,(H,16,17). The summed E-state index contributed by atoms with van der Waals surface area (Å²) in [6, 6.07) is 8.23. The van der Waals surface area contributed by atoms with Crippen LogP contribution in [-0.4, -0.2) is 18.4 Å². The minimum absolute atomic E-state index is 0.377. The first-order valence-electron chi connectivity index (χ1n) is 6.33. The van der Waals surface area contributed by atoms with Crippen LogP contribution < -0.4 is 10.8 Å². The Kier molecular flexibility index (Phi) is 4.82. The third-order valence-corrected chi connectivity index (χ3v) is 2.45. The maximum atomic E-state index is 11.5. The maximum absolute atomic E-state index is 11.5.